The van der Waals surface area contributed by atoms with Gasteiger partial charge in [-0.2, -0.15) is 0 Å². The molecular formula is C13H27N3O. The van der Waals surface area contributed by atoms with Crippen LogP contribution in [-0.2, 0) is 4.79 Å². The van der Waals surface area contributed by atoms with Gasteiger partial charge in [0.15, 0.2) is 0 Å². The molecule has 3 N–H and O–H groups in total. The number of hydrogen-bond acceptors (Lipinski definition) is 3. The predicted molar refractivity (Wildman–Crippen MR) is 70.7 cm³/mol. The van der Waals surface area contributed by atoms with Gasteiger partial charge in [0, 0.05) is 6.54 Å². The lowest BCUT2D eigenvalue weighted by molar-refractivity contribution is -0.126. The molecular weight excluding hydrogens is 214 g/mol. The predicted octanol–water partition coefficient (Wildman–Crippen LogP) is 0.962. The van der Waals surface area contributed by atoms with E-state index in [4.69, 9.17) is 5.73 Å². The molecule has 0 aliphatic heterocycles. The smallest absolute Gasteiger partial charge is 0.239 e. The van der Waals surface area contributed by atoms with Gasteiger partial charge in [0.2, 0.25) is 5.91 Å². The summed E-state index contributed by atoms with van der Waals surface area (Å²) in [5, 5.41) is 3.36. The second-order valence-corrected chi connectivity index (χ2v) is 5.01. The summed E-state index contributed by atoms with van der Waals surface area (Å²) < 4.78 is 0. The Morgan fingerprint density at radius 1 is 1.41 bits per heavy atom. The molecule has 0 saturated heterocycles. The van der Waals surface area contributed by atoms with Crippen LogP contribution in [0, 0.1) is 5.92 Å². The van der Waals surface area contributed by atoms with Crippen molar-refractivity contribution in [3.8, 4) is 0 Å². The van der Waals surface area contributed by atoms with E-state index in [1.165, 1.54) is 0 Å². The summed E-state index contributed by atoms with van der Waals surface area (Å²) >= 11 is 0. The highest BCUT2D eigenvalue weighted by atomic mass is 16.1. The van der Waals surface area contributed by atoms with Crippen molar-refractivity contribution in [1.29, 1.82) is 0 Å². The fraction of sp³-hybridized carbons (Fsp3) is 0.923. The first-order valence-electron chi connectivity index (χ1n) is 6.88. The third-order valence-electron chi connectivity index (χ3n) is 3.67. The van der Waals surface area contributed by atoms with Gasteiger partial charge in [0.1, 0.15) is 5.54 Å². The van der Waals surface area contributed by atoms with Crippen molar-refractivity contribution < 1.29 is 4.79 Å². The van der Waals surface area contributed by atoms with E-state index in [1.54, 1.807) is 0 Å². The number of nitrogens with two attached hydrogens (primary N) is 1. The molecule has 0 aromatic heterocycles. The van der Waals surface area contributed by atoms with Crippen molar-refractivity contribution >= 4 is 5.91 Å². The fourth-order valence-corrected chi connectivity index (χ4v) is 2.61. The van der Waals surface area contributed by atoms with Gasteiger partial charge >= 0.3 is 0 Å². The highest BCUT2D eigenvalue weighted by molar-refractivity contribution is 5.86. The Balaban J connectivity index is 2.76. The van der Waals surface area contributed by atoms with Crippen molar-refractivity contribution in [1.82, 2.24) is 10.2 Å². The number of primary amides is 1. The summed E-state index contributed by atoms with van der Waals surface area (Å²) in [6.07, 6.45) is 3.36. The SMILES string of the molecule is CCCN(CC)CC(NCC)(C(N)=O)C1CC1. The quantitative estimate of drug-likeness (QED) is 0.632. The van der Waals surface area contributed by atoms with Crippen LogP contribution in [0.25, 0.3) is 0 Å². The van der Waals surface area contributed by atoms with Crippen LogP contribution in [0.2, 0.25) is 0 Å². The third-order valence-corrected chi connectivity index (χ3v) is 3.67. The van der Waals surface area contributed by atoms with Crippen molar-refractivity contribution in [2.45, 2.75) is 45.6 Å². The van der Waals surface area contributed by atoms with Gasteiger partial charge in [-0.1, -0.05) is 20.8 Å². The molecule has 0 aromatic rings. The van der Waals surface area contributed by atoms with Gasteiger partial charge < -0.3 is 16.0 Å². The first kappa shape index (κ1) is 14.5. The Labute approximate surface area is 105 Å². The standard InChI is InChI=1S/C13H27N3O/c1-4-9-16(6-3)10-13(12(14)17,15-5-2)11-7-8-11/h11,15H,4-10H2,1-3H3,(H2,14,17). The summed E-state index contributed by atoms with van der Waals surface area (Å²) in [6.45, 7) is 9.90. The van der Waals surface area contributed by atoms with E-state index in [1.807, 2.05) is 6.92 Å². The summed E-state index contributed by atoms with van der Waals surface area (Å²) in [6, 6.07) is 0. The molecule has 0 spiro atoms. The van der Waals surface area contributed by atoms with Crippen LogP contribution in [0.5, 0.6) is 0 Å². The Morgan fingerprint density at radius 2 is 2.06 bits per heavy atom. The maximum absolute atomic E-state index is 11.9. The number of amides is 1. The van der Waals surface area contributed by atoms with Crippen LogP contribution in [0.3, 0.4) is 0 Å². The summed E-state index contributed by atoms with van der Waals surface area (Å²) in [7, 11) is 0. The molecule has 100 valence electrons. The summed E-state index contributed by atoms with van der Waals surface area (Å²) in [5.74, 6) is 0.252. The van der Waals surface area contributed by atoms with Crippen LogP contribution in [-0.4, -0.2) is 42.5 Å². The van der Waals surface area contributed by atoms with Gasteiger partial charge in [0.25, 0.3) is 0 Å². The van der Waals surface area contributed by atoms with E-state index < -0.39 is 5.54 Å². The molecule has 4 heteroatoms. The average molecular weight is 241 g/mol. The highest BCUT2D eigenvalue weighted by Crippen LogP contribution is 2.40. The van der Waals surface area contributed by atoms with Crippen LogP contribution in [0.15, 0.2) is 0 Å². The molecule has 1 aliphatic carbocycles. The minimum absolute atomic E-state index is 0.184. The minimum Gasteiger partial charge on any atom is -0.368 e. The molecule has 1 amide bonds. The van der Waals surface area contributed by atoms with Gasteiger partial charge in [-0.05, 0) is 44.8 Å². The number of likely N-dealkylation sites (N-methyl/N-ethyl adjacent to an activating group) is 2. The molecule has 4 nitrogen and oxygen atoms in total. The first-order valence-corrected chi connectivity index (χ1v) is 6.88. The lowest BCUT2D eigenvalue weighted by Crippen LogP contribution is -2.63. The maximum Gasteiger partial charge on any atom is 0.239 e. The van der Waals surface area contributed by atoms with E-state index in [0.29, 0.717) is 5.92 Å². The number of carbonyl (C=O) groups excluding carboxylic acids is 1. The molecule has 1 aliphatic rings. The van der Waals surface area contributed by atoms with Crippen molar-refractivity contribution in [3.05, 3.63) is 0 Å². The van der Waals surface area contributed by atoms with E-state index in [-0.39, 0.29) is 5.91 Å². The van der Waals surface area contributed by atoms with Crippen LogP contribution in [0.4, 0.5) is 0 Å². The van der Waals surface area contributed by atoms with Crippen LogP contribution in [0.1, 0.15) is 40.0 Å². The normalized spacial score (nSPS) is 19.3. The van der Waals surface area contributed by atoms with Gasteiger partial charge in [-0.15, -0.1) is 0 Å². The molecule has 1 fully saturated rings. The number of carbonyl (C=O) groups is 1. The Morgan fingerprint density at radius 3 is 2.41 bits per heavy atom. The monoisotopic (exact) mass is 241 g/mol. The molecule has 1 unspecified atom stereocenters. The molecule has 0 radical (unpaired) electrons. The highest BCUT2D eigenvalue weighted by Gasteiger charge is 2.49. The molecule has 1 saturated carbocycles. The van der Waals surface area contributed by atoms with E-state index in [2.05, 4.69) is 24.1 Å². The van der Waals surface area contributed by atoms with Crippen molar-refractivity contribution in [3.63, 3.8) is 0 Å². The molecule has 0 aromatic carbocycles. The third kappa shape index (κ3) is 3.42. The molecule has 1 rings (SSSR count). The van der Waals surface area contributed by atoms with Crippen molar-refractivity contribution in [2.75, 3.05) is 26.2 Å². The largest absolute Gasteiger partial charge is 0.368 e. The van der Waals surface area contributed by atoms with E-state index >= 15 is 0 Å². The summed E-state index contributed by atoms with van der Waals surface area (Å²) in [4.78, 5) is 14.2. The second-order valence-electron chi connectivity index (χ2n) is 5.01. The zero-order valence-corrected chi connectivity index (χ0v) is 11.5. The number of nitrogens with zero attached hydrogens (tertiary/aromatic N) is 1. The number of nitrogens with one attached hydrogen (secondary N) is 1. The minimum atomic E-state index is -0.500. The lowest BCUT2D eigenvalue weighted by atomic mass is 9.91. The van der Waals surface area contributed by atoms with E-state index in [9.17, 15) is 4.79 Å². The Hall–Kier alpha value is -0.610. The zero-order chi connectivity index (χ0) is 12.9. The van der Waals surface area contributed by atoms with Gasteiger partial charge in [0.05, 0.1) is 0 Å². The average Bonchev–Trinajstić information content (AvgIpc) is 3.11. The molecule has 0 bridgehead atoms. The van der Waals surface area contributed by atoms with E-state index in [0.717, 1.165) is 45.4 Å². The number of rotatable bonds is 9. The maximum atomic E-state index is 11.9. The molecule has 1 atom stereocenters. The van der Waals surface area contributed by atoms with Crippen molar-refractivity contribution in [2.24, 2.45) is 11.7 Å². The van der Waals surface area contributed by atoms with Gasteiger partial charge in [-0.3, -0.25) is 4.79 Å². The second kappa shape index (κ2) is 6.36. The first-order chi connectivity index (χ1) is 8.10. The lowest BCUT2D eigenvalue weighted by Gasteiger charge is -2.36. The topological polar surface area (TPSA) is 58.4 Å². The van der Waals surface area contributed by atoms with Crippen LogP contribution >= 0.6 is 0 Å². The molecule has 0 heterocycles. The molecule has 17 heavy (non-hydrogen) atoms. The Kier molecular flexibility index (Phi) is 5.40. The Bertz CT molecular complexity index is 253. The zero-order valence-electron chi connectivity index (χ0n) is 11.5. The van der Waals surface area contributed by atoms with Gasteiger partial charge in [-0.25, -0.2) is 0 Å². The summed E-state index contributed by atoms with van der Waals surface area (Å²) in [5.41, 5.74) is 5.17. The fourth-order valence-electron chi connectivity index (χ4n) is 2.61. The number of hydrogen-bond donors (Lipinski definition) is 2. The van der Waals surface area contributed by atoms with Crippen LogP contribution < -0.4 is 11.1 Å².